The summed E-state index contributed by atoms with van der Waals surface area (Å²) in [5, 5.41) is 11.9. The second-order valence-electron chi connectivity index (χ2n) is 4.22. The molecule has 0 aliphatic carbocycles. The van der Waals surface area contributed by atoms with E-state index in [-0.39, 0.29) is 11.7 Å². The molecule has 0 atom stereocenters. The number of nitrogens with zero attached hydrogens (tertiary/aromatic N) is 2. The van der Waals surface area contributed by atoms with Crippen LogP contribution in [0, 0.1) is 6.92 Å². The monoisotopic (exact) mass is 257 g/mol. The SMILES string of the molecule is Cc1cnc(C(=O)NCCc2ccc(O)cc2)cn1. The third-order valence-corrected chi connectivity index (χ3v) is 2.65. The highest BCUT2D eigenvalue weighted by atomic mass is 16.3. The quantitative estimate of drug-likeness (QED) is 0.869. The van der Waals surface area contributed by atoms with Crippen molar-refractivity contribution in [1.82, 2.24) is 15.3 Å². The lowest BCUT2D eigenvalue weighted by Gasteiger charge is -2.05. The Labute approximate surface area is 111 Å². The van der Waals surface area contributed by atoms with Gasteiger partial charge in [0.05, 0.1) is 11.9 Å². The van der Waals surface area contributed by atoms with E-state index in [1.54, 1.807) is 18.3 Å². The van der Waals surface area contributed by atoms with Crippen LogP contribution in [0.15, 0.2) is 36.7 Å². The number of hydrogen-bond acceptors (Lipinski definition) is 4. The molecule has 0 unspecified atom stereocenters. The maximum atomic E-state index is 11.7. The zero-order chi connectivity index (χ0) is 13.7. The molecule has 5 heteroatoms. The number of benzene rings is 1. The van der Waals surface area contributed by atoms with Crippen molar-refractivity contribution < 1.29 is 9.90 Å². The zero-order valence-corrected chi connectivity index (χ0v) is 10.6. The molecule has 0 bridgehead atoms. The molecule has 0 spiro atoms. The van der Waals surface area contributed by atoms with Gasteiger partial charge in [0.2, 0.25) is 0 Å². The van der Waals surface area contributed by atoms with E-state index in [9.17, 15) is 4.79 Å². The van der Waals surface area contributed by atoms with E-state index in [1.807, 2.05) is 19.1 Å². The van der Waals surface area contributed by atoms with Gasteiger partial charge in [-0.3, -0.25) is 9.78 Å². The minimum atomic E-state index is -0.230. The number of hydrogen-bond donors (Lipinski definition) is 2. The fourth-order valence-corrected chi connectivity index (χ4v) is 1.58. The average Bonchev–Trinajstić information content (AvgIpc) is 2.41. The third kappa shape index (κ3) is 3.77. The van der Waals surface area contributed by atoms with E-state index >= 15 is 0 Å². The van der Waals surface area contributed by atoms with Crippen molar-refractivity contribution in [3.05, 3.63) is 53.6 Å². The Morgan fingerprint density at radius 2 is 1.95 bits per heavy atom. The van der Waals surface area contributed by atoms with Gasteiger partial charge >= 0.3 is 0 Å². The highest BCUT2D eigenvalue weighted by Gasteiger charge is 2.06. The molecule has 98 valence electrons. The molecule has 0 saturated carbocycles. The van der Waals surface area contributed by atoms with Crippen LogP contribution in [0.5, 0.6) is 5.75 Å². The van der Waals surface area contributed by atoms with Crippen LogP contribution in [0.4, 0.5) is 0 Å². The van der Waals surface area contributed by atoms with Crippen molar-refractivity contribution in [2.45, 2.75) is 13.3 Å². The number of aromatic hydroxyl groups is 1. The first-order chi connectivity index (χ1) is 9.15. The van der Waals surface area contributed by atoms with Gasteiger partial charge in [0, 0.05) is 12.7 Å². The van der Waals surface area contributed by atoms with Crippen LogP contribution < -0.4 is 5.32 Å². The summed E-state index contributed by atoms with van der Waals surface area (Å²) in [6.07, 6.45) is 3.73. The molecule has 1 amide bonds. The van der Waals surface area contributed by atoms with E-state index in [0.29, 0.717) is 18.7 Å². The number of phenolic OH excluding ortho intramolecular Hbond substituents is 1. The highest BCUT2D eigenvalue weighted by molar-refractivity contribution is 5.91. The van der Waals surface area contributed by atoms with Crippen molar-refractivity contribution >= 4 is 5.91 Å². The Balaban J connectivity index is 1.84. The molecule has 1 aromatic carbocycles. The average molecular weight is 257 g/mol. The molecule has 0 aliphatic rings. The number of aromatic nitrogens is 2. The normalized spacial score (nSPS) is 10.2. The van der Waals surface area contributed by atoms with Crippen molar-refractivity contribution in [3.63, 3.8) is 0 Å². The minimum absolute atomic E-state index is 0.230. The lowest BCUT2D eigenvalue weighted by atomic mass is 10.1. The third-order valence-electron chi connectivity index (χ3n) is 2.65. The number of phenols is 1. The fraction of sp³-hybridized carbons (Fsp3) is 0.214. The fourth-order valence-electron chi connectivity index (χ4n) is 1.58. The molecule has 0 aliphatic heterocycles. The van der Waals surface area contributed by atoms with E-state index in [4.69, 9.17) is 5.11 Å². The maximum absolute atomic E-state index is 11.7. The molecular weight excluding hydrogens is 242 g/mol. The van der Waals surface area contributed by atoms with E-state index in [2.05, 4.69) is 15.3 Å². The van der Waals surface area contributed by atoms with Gasteiger partial charge in [-0.1, -0.05) is 12.1 Å². The molecule has 2 N–H and O–H groups in total. The minimum Gasteiger partial charge on any atom is -0.508 e. The van der Waals surface area contributed by atoms with E-state index in [1.165, 1.54) is 6.20 Å². The van der Waals surface area contributed by atoms with Gasteiger partial charge < -0.3 is 10.4 Å². The predicted octanol–water partition coefficient (Wildman–Crippen LogP) is 1.46. The summed E-state index contributed by atoms with van der Waals surface area (Å²) in [5.41, 5.74) is 2.14. The summed E-state index contributed by atoms with van der Waals surface area (Å²) >= 11 is 0. The molecule has 1 aromatic heterocycles. The summed E-state index contributed by atoms with van der Waals surface area (Å²) in [5.74, 6) is 0.00833. The molecule has 19 heavy (non-hydrogen) atoms. The summed E-state index contributed by atoms with van der Waals surface area (Å²) in [6.45, 7) is 2.33. The number of rotatable bonds is 4. The van der Waals surface area contributed by atoms with Crippen molar-refractivity contribution in [2.24, 2.45) is 0 Å². The first-order valence-electron chi connectivity index (χ1n) is 6.00. The Bertz CT molecular complexity index is 550. The van der Waals surface area contributed by atoms with Gasteiger partial charge in [-0.05, 0) is 31.0 Å². The van der Waals surface area contributed by atoms with Crippen LogP contribution in [0.25, 0.3) is 0 Å². The molecule has 0 saturated heterocycles. The number of carbonyl (C=O) groups is 1. The Kier molecular flexibility index (Phi) is 4.07. The lowest BCUT2D eigenvalue weighted by molar-refractivity contribution is 0.0948. The van der Waals surface area contributed by atoms with Gasteiger partial charge in [0.25, 0.3) is 5.91 Å². The second kappa shape index (κ2) is 5.95. The molecular formula is C14H15N3O2. The topological polar surface area (TPSA) is 75.1 Å². The number of amides is 1. The first-order valence-corrected chi connectivity index (χ1v) is 6.00. The smallest absolute Gasteiger partial charge is 0.271 e. The Morgan fingerprint density at radius 1 is 1.21 bits per heavy atom. The highest BCUT2D eigenvalue weighted by Crippen LogP contribution is 2.09. The first kappa shape index (κ1) is 13.0. The van der Waals surface area contributed by atoms with Gasteiger partial charge in [-0.2, -0.15) is 0 Å². The Morgan fingerprint density at radius 3 is 2.58 bits per heavy atom. The molecule has 1 heterocycles. The van der Waals surface area contributed by atoms with Crippen LogP contribution >= 0.6 is 0 Å². The zero-order valence-electron chi connectivity index (χ0n) is 10.6. The van der Waals surface area contributed by atoms with E-state index < -0.39 is 0 Å². The van der Waals surface area contributed by atoms with Gasteiger partial charge in [0.1, 0.15) is 11.4 Å². The van der Waals surface area contributed by atoms with Crippen LogP contribution in [0.2, 0.25) is 0 Å². The number of carbonyl (C=O) groups excluding carboxylic acids is 1. The van der Waals surface area contributed by atoms with Crippen LogP contribution in [0.3, 0.4) is 0 Å². The van der Waals surface area contributed by atoms with Crippen LogP contribution in [-0.2, 0) is 6.42 Å². The molecule has 0 radical (unpaired) electrons. The van der Waals surface area contributed by atoms with Crippen LogP contribution in [-0.4, -0.2) is 27.5 Å². The molecule has 5 nitrogen and oxygen atoms in total. The van der Waals surface area contributed by atoms with E-state index in [0.717, 1.165) is 11.3 Å². The summed E-state index contributed by atoms with van der Waals surface area (Å²) in [7, 11) is 0. The summed E-state index contributed by atoms with van der Waals surface area (Å²) in [6, 6.07) is 6.91. The van der Waals surface area contributed by atoms with Gasteiger partial charge in [-0.25, -0.2) is 4.98 Å². The van der Waals surface area contributed by atoms with Gasteiger partial charge in [0.15, 0.2) is 0 Å². The van der Waals surface area contributed by atoms with Crippen molar-refractivity contribution in [3.8, 4) is 5.75 Å². The lowest BCUT2D eigenvalue weighted by Crippen LogP contribution is -2.26. The number of nitrogens with one attached hydrogen (secondary N) is 1. The molecule has 2 rings (SSSR count). The maximum Gasteiger partial charge on any atom is 0.271 e. The number of aryl methyl sites for hydroxylation is 1. The largest absolute Gasteiger partial charge is 0.508 e. The molecule has 0 fully saturated rings. The van der Waals surface area contributed by atoms with Crippen molar-refractivity contribution in [1.29, 1.82) is 0 Å². The predicted molar refractivity (Wildman–Crippen MR) is 70.9 cm³/mol. The van der Waals surface area contributed by atoms with Gasteiger partial charge in [-0.15, -0.1) is 0 Å². The van der Waals surface area contributed by atoms with Crippen molar-refractivity contribution in [2.75, 3.05) is 6.54 Å². The summed E-state index contributed by atoms with van der Waals surface area (Å²) in [4.78, 5) is 19.8. The summed E-state index contributed by atoms with van der Waals surface area (Å²) < 4.78 is 0. The standard InChI is InChI=1S/C14H15N3O2/c1-10-8-17-13(9-16-10)14(19)15-7-6-11-2-4-12(18)5-3-11/h2-5,8-9,18H,6-7H2,1H3,(H,15,19). The molecule has 2 aromatic rings. The Hall–Kier alpha value is -2.43. The second-order valence-corrected chi connectivity index (χ2v) is 4.22. The van der Waals surface area contributed by atoms with Crippen LogP contribution in [0.1, 0.15) is 21.7 Å².